The Morgan fingerprint density at radius 1 is 0.970 bits per heavy atom. The fourth-order valence-corrected chi connectivity index (χ4v) is 5.41. The normalized spacial score (nSPS) is 16.4. The van der Waals surface area contributed by atoms with E-state index < -0.39 is 11.9 Å². The highest BCUT2D eigenvalue weighted by molar-refractivity contribution is 6.02. The second-order valence-electron chi connectivity index (χ2n) is 9.56. The first-order valence-electron chi connectivity index (χ1n) is 12.5. The van der Waals surface area contributed by atoms with Gasteiger partial charge in [0.05, 0.1) is 11.6 Å². The van der Waals surface area contributed by atoms with E-state index in [1.165, 1.54) is 41.5 Å². The summed E-state index contributed by atoms with van der Waals surface area (Å²) in [6.07, 6.45) is 12.0. The Bertz CT molecular complexity index is 1020. The molecule has 2 aliphatic rings. The van der Waals surface area contributed by atoms with Gasteiger partial charge < -0.3 is 10.3 Å². The summed E-state index contributed by atoms with van der Waals surface area (Å²) in [7, 11) is 0. The smallest absolute Gasteiger partial charge is 0.306 e. The number of carboxylic acids is 1. The van der Waals surface area contributed by atoms with Crippen LogP contribution in [-0.2, 0) is 17.6 Å². The molecular formula is C29H35NO3. The SMILES string of the molecule is O=C(O)C(CCCCCCc1ccccc1)C/C(=N/O)c1ccc2c(c1)CC1=C2CCCC1. The largest absolute Gasteiger partial charge is 0.481 e. The first-order chi connectivity index (χ1) is 16.2. The molecule has 0 saturated carbocycles. The predicted molar refractivity (Wildman–Crippen MR) is 133 cm³/mol. The number of rotatable bonds is 11. The van der Waals surface area contributed by atoms with Crippen molar-refractivity contribution in [3.05, 3.63) is 76.4 Å². The number of fused-ring (bicyclic) bond motifs is 2. The van der Waals surface area contributed by atoms with Gasteiger partial charge in [-0.1, -0.05) is 72.5 Å². The molecule has 2 aliphatic carbocycles. The molecule has 0 aromatic heterocycles. The molecule has 0 bridgehead atoms. The van der Waals surface area contributed by atoms with E-state index >= 15 is 0 Å². The number of aliphatic carboxylic acids is 1. The number of nitrogens with zero attached hydrogens (tertiary/aromatic N) is 1. The second kappa shape index (κ2) is 11.3. The average Bonchev–Trinajstić information content (AvgIpc) is 3.21. The van der Waals surface area contributed by atoms with E-state index in [1.807, 2.05) is 12.1 Å². The quantitative estimate of drug-likeness (QED) is 0.169. The molecule has 4 nitrogen and oxygen atoms in total. The lowest BCUT2D eigenvalue weighted by atomic mass is 9.90. The topological polar surface area (TPSA) is 69.9 Å². The van der Waals surface area contributed by atoms with Crippen molar-refractivity contribution in [1.29, 1.82) is 0 Å². The Kier molecular flexibility index (Phi) is 7.98. The second-order valence-corrected chi connectivity index (χ2v) is 9.56. The third kappa shape index (κ3) is 5.93. The highest BCUT2D eigenvalue weighted by Crippen LogP contribution is 2.41. The standard InChI is InChI=1S/C29H35NO3/c31-29(32)24(14-7-2-1-4-10-21-11-5-3-6-12-21)20-28(30-33)23-16-17-27-25(19-23)18-22-13-8-9-15-26(22)27/h3,5-6,11-12,16-17,19,24,33H,1-2,4,7-10,13-15,18,20H2,(H,31,32)/b30-28-. The molecule has 174 valence electrons. The number of hydrogen-bond acceptors (Lipinski definition) is 3. The van der Waals surface area contributed by atoms with E-state index in [0.29, 0.717) is 12.1 Å². The highest BCUT2D eigenvalue weighted by Gasteiger charge is 2.26. The number of oxime groups is 1. The Hall–Kier alpha value is -2.88. The lowest BCUT2D eigenvalue weighted by Crippen LogP contribution is -2.19. The van der Waals surface area contributed by atoms with E-state index in [2.05, 4.69) is 41.6 Å². The third-order valence-corrected chi connectivity index (χ3v) is 7.27. The fourth-order valence-electron chi connectivity index (χ4n) is 5.41. The van der Waals surface area contributed by atoms with Gasteiger partial charge in [-0.05, 0) is 85.3 Å². The molecule has 2 aromatic rings. The van der Waals surface area contributed by atoms with Crippen LogP contribution < -0.4 is 0 Å². The van der Waals surface area contributed by atoms with Crippen LogP contribution in [0, 0.1) is 5.92 Å². The molecule has 4 heteroatoms. The minimum atomic E-state index is -0.807. The van der Waals surface area contributed by atoms with E-state index in [1.54, 1.807) is 5.57 Å². The van der Waals surface area contributed by atoms with Gasteiger partial charge in [0, 0.05) is 6.42 Å². The van der Waals surface area contributed by atoms with Crippen molar-refractivity contribution in [2.75, 3.05) is 0 Å². The van der Waals surface area contributed by atoms with Gasteiger partial charge in [0.15, 0.2) is 0 Å². The van der Waals surface area contributed by atoms with Crippen LogP contribution in [0.2, 0.25) is 0 Å². The van der Waals surface area contributed by atoms with E-state index in [4.69, 9.17) is 0 Å². The summed E-state index contributed by atoms with van der Waals surface area (Å²) in [6, 6.07) is 16.7. The van der Waals surface area contributed by atoms with Gasteiger partial charge >= 0.3 is 5.97 Å². The summed E-state index contributed by atoms with van der Waals surface area (Å²) in [5.41, 5.74) is 8.41. The van der Waals surface area contributed by atoms with Gasteiger partial charge in [0.25, 0.3) is 0 Å². The molecule has 4 rings (SSSR count). The average molecular weight is 446 g/mol. The van der Waals surface area contributed by atoms with Gasteiger partial charge in [-0.15, -0.1) is 0 Å². The van der Waals surface area contributed by atoms with Gasteiger partial charge in [-0.2, -0.15) is 0 Å². The van der Waals surface area contributed by atoms with Crippen molar-refractivity contribution in [2.45, 2.75) is 77.0 Å². The molecule has 0 heterocycles. The summed E-state index contributed by atoms with van der Waals surface area (Å²) in [6.45, 7) is 0. The third-order valence-electron chi connectivity index (χ3n) is 7.27. The Morgan fingerprint density at radius 3 is 2.55 bits per heavy atom. The van der Waals surface area contributed by atoms with Gasteiger partial charge in [-0.3, -0.25) is 4.79 Å². The summed E-state index contributed by atoms with van der Waals surface area (Å²) in [4.78, 5) is 11.9. The molecule has 1 unspecified atom stereocenters. The maximum atomic E-state index is 11.9. The Labute approximate surface area is 197 Å². The zero-order valence-corrected chi connectivity index (χ0v) is 19.4. The van der Waals surface area contributed by atoms with Gasteiger partial charge in [0.2, 0.25) is 0 Å². The fraction of sp³-hybridized carbons (Fsp3) is 0.448. The van der Waals surface area contributed by atoms with Gasteiger partial charge in [0.1, 0.15) is 0 Å². The first kappa shape index (κ1) is 23.3. The van der Waals surface area contributed by atoms with Crippen LogP contribution in [0.5, 0.6) is 0 Å². The molecule has 1 atom stereocenters. The van der Waals surface area contributed by atoms with Crippen molar-refractivity contribution in [2.24, 2.45) is 11.1 Å². The summed E-state index contributed by atoms with van der Waals surface area (Å²) in [5.74, 6) is -1.33. The number of carbonyl (C=O) groups is 1. The minimum absolute atomic E-state index is 0.266. The van der Waals surface area contributed by atoms with Crippen LogP contribution in [0.15, 0.2) is 59.3 Å². The molecule has 2 aromatic carbocycles. The maximum absolute atomic E-state index is 11.9. The van der Waals surface area contributed by atoms with Crippen molar-refractivity contribution < 1.29 is 15.1 Å². The van der Waals surface area contributed by atoms with E-state index in [-0.39, 0.29) is 6.42 Å². The summed E-state index contributed by atoms with van der Waals surface area (Å²) < 4.78 is 0. The van der Waals surface area contributed by atoms with E-state index in [9.17, 15) is 15.1 Å². The molecular weight excluding hydrogens is 410 g/mol. The molecule has 33 heavy (non-hydrogen) atoms. The molecule has 0 aliphatic heterocycles. The molecule has 0 amide bonds. The molecule has 2 N–H and O–H groups in total. The highest BCUT2D eigenvalue weighted by atomic mass is 16.4. The van der Waals surface area contributed by atoms with Crippen molar-refractivity contribution in [1.82, 2.24) is 0 Å². The Morgan fingerprint density at radius 2 is 1.76 bits per heavy atom. The van der Waals surface area contributed by atoms with Crippen LogP contribution in [-0.4, -0.2) is 22.0 Å². The summed E-state index contributed by atoms with van der Waals surface area (Å²) >= 11 is 0. The number of hydrogen-bond donors (Lipinski definition) is 2. The molecule has 0 saturated heterocycles. The first-order valence-corrected chi connectivity index (χ1v) is 12.5. The molecule has 0 spiro atoms. The monoisotopic (exact) mass is 445 g/mol. The number of carboxylic acid groups (broad SMARTS) is 1. The number of aryl methyl sites for hydroxylation is 1. The van der Waals surface area contributed by atoms with Crippen LogP contribution in [0.3, 0.4) is 0 Å². The Balaban J connectivity index is 1.29. The number of benzene rings is 2. The van der Waals surface area contributed by atoms with Crippen LogP contribution in [0.25, 0.3) is 5.57 Å². The van der Waals surface area contributed by atoms with Crippen LogP contribution in [0.1, 0.15) is 86.5 Å². The summed E-state index contributed by atoms with van der Waals surface area (Å²) in [5, 5.41) is 23.0. The van der Waals surface area contributed by atoms with Crippen molar-refractivity contribution >= 4 is 17.3 Å². The number of unbranched alkanes of at least 4 members (excludes halogenated alkanes) is 3. The predicted octanol–water partition coefficient (Wildman–Crippen LogP) is 7.03. The van der Waals surface area contributed by atoms with Crippen molar-refractivity contribution in [3.63, 3.8) is 0 Å². The zero-order valence-electron chi connectivity index (χ0n) is 19.4. The maximum Gasteiger partial charge on any atom is 0.306 e. The van der Waals surface area contributed by atoms with E-state index in [0.717, 1.165) is 50.5 Å². The van der Waals surface area contributed by atoms with Crippen LogP contribution in [0.4, 0.5) is 0 Å². The zero-order chi connectivity index (χ0) is 23.0. The molecule has 0 fully saturated rings. The van der Waals surface area contributed by atoms with Crippen LogP contribution >= 0.6 is 0 Å². The van der Waals surface area contributed by atoms with Gasteiger partial charge in [-0.25, -0.2) is 0 Å². The van der Waals surface area contributed by atoms with Crippen molar-refractivity contribution in [3.8, 4) is 0 Å². The lowest BCUT2D eigenvalue weighted by molar-refractivity contribution is -0.141. The number of allylic oxidation sites excluding steroid dienone is 2. The molecule has 0 radical (unpaired) electrons. The minimum Gasteiger partial charge on any atom is -0.481 e. The lowest BCUT2D eigenvalue weighted by Gasteiger charge is -2.15.